The zero-order valence-electron chi connectivity index (χ0n) is 13.5. The number of rotatable bonds is 6. The summed E-state index contributed by atoms with van der Waals surface area (Å²) in [5.41, 5.74) is 1.86. The number of hydrogen-bond donors (Lipinski definition) is 1. The monoisotopic (exact) mass is 315 g/mol. The van der Waals surface area contributed by atoms with Crippen LogP contribution in [0.15, 0.2) is 18.2 Å². The van der Waals surface area contributed by atoms with E-state index < -0.39 is 0 Å². The van der Waals surface area contributed by atoms with Gasteiger partial charge in [-0.25, -0.2) is 0 Å². The van der Waals surface area contributed by atoms with Gasteiger partial charge in [0.15, 0.2) is 0 Å². The Morgan fingerprint density at radius 2 is 2.26 bits per heavy atom. The minimum atomic E-state index is -0.328. The van der Waals surface area contributed by atoms with Crippen molar-refractivity contribution in [3.63, 3.8) is 0 Å². The Hall–Kier alpha value is -2.28. The second-order valence-electron chi connectivity index (χ2n) is 5.96. The molecule has 0 saturated heterocycles. The number of benzene rings is 1. The first-order valence-electron chi connectivity index (χ1n) is 7.96. The molecule has 0 radical (unpaired) electrons. The molecule has 0 saturated carbocycles. The summed E-state index contributed by atoms with van der Waals surface area (Å²) >= 11 is 0. The number of hydrogen-bond acceptors (Lipinski definition) is 5. The average molecular weight is 315 g/mol. The lowest BCUT2D eigenvalue weighted by molar-refractivity contribution is -0.385. The highest BCUT2D eigenvalue weighted by atomic mass is 16.6. The van der Waals surface area contributed by atoms with Gasteiger partial charge in [0.05, 0.1) is 4.92 Å². The number of nitrogens with one attached hydrogen (secondary N) is 1. The second kappa shape index (κ2) is 6.45. The van der Waals surface area contributed by atoms with Gasteiger partial charge in [0.2, 0.25) is 0 Å². The largest absolute Gasteiger partial charge is 0.315 e. The number of aromatic nitrogens is 3. The molecule has 0 unspecified atom stereocenters. The van der Waals surface area contributed by atoms with Crippen LogP contribution in [0.2, 0.25) is 0 Å². The molecule has 1 aromatic heterocycles. The van der Waals surface area contributed by atoms with Gasteiger partial charge in [-0.1, -0.05) is 12.1 Å². The lowest BCUT2D eigenvalue weighted by Gasteiger charge is -2.16. The van der Waals surface area contributed by atoms with E-state index in [4.69, 9.17) is 0 Å². The van der Waals surface area contributed by atoms with Crippen LogP contribution in [-0.4, -0.2) is 26.2 Å². The maximum atomic E-state index is 11.0. The molecular formula is C16H21N5O2. The van der Waals surface area contributed by atoms with Crippen molar-refractivity contribution < 1.29 is 4.92 Å². The molecule has 0 amide bonds. The summed E-state index contributed by atoms with van der Waals surface area (Å²) < 4.78 is 2.20. The van der Waals surface area contributed by atoms with Gasteiger partial charge in [0.25, 0.3) is 5.69 Å². The fourth-order valence-corrected chi connectivity index (χ4v) is 3.21. The highest BCUT2D eigenvalue weighted by molar-refractivity contribution is 5.45. The SMILES string of the molecule is Cc1c([C@@H](C)NCCc2nnc3n2CCC3)cccc1[N+](=O)[O-]. The van der Waals surface area contributed by atoms with Crippen molar-refractivity contribution in [2.45, 2.75) is 45.7 Å². The van der Waals surface area contributed by atoms with Crippen molar-refractivity contribution in [3.05, 3.63) is 51.1 Å². The molecule has 0 fully saturated rings. The van der Waals surface area contributed by atoms with Crippen LogP contribution >= 0.6 is 0 Å². The van der Waals surface area contributed by atoms with Gasteiger partial charge >= 0.3 is 0 Å². The summed E-state index contributed by atoms with van der Waals surface area (Å²) in [7, 11) is 0. The highest BCUT2D eigenvalue weighted by Gasteiger charge is 2.19. The van der Waals surface area contributed by atoms with Crippen LogP contribution in [-0.2, 0) is 19.4 Å². The van der Waals surface area contributed by atoms with E-state index >= 15 is 0 Å². The van der Waals surface area contributed by atoms with Crippen molar-refractivity contribution in [1.29, 1.82) is 0 Å². The van der Waals surface area contributed by atoms with E-state index in [0.29, 0.717) is 0 Å². The molecule has 2 heterocycles. The minimum absolute atomic E-state index is 0.0517. The number of nitro groups is 1. The van der Waals surface area contributed by atoms with E-state index in [2.05, 4.69) is 20.1 Å². The third kappa shape index (κ3) is 3.10. The van der Waals surface area contributed by atoms with E-state index in [1.165, 1.54) is 0 Å². The molecule has 2 aromatic rings. The number of aryl methyl sites for hydroxylation is 1. The summed E-state index contributed by atoms with van der Waals surface area (Å²) in [6, 6.07) is 5.28. The quantitative estimate of drug-likeness (QED) is 0.653. The van der Waals surface area contributed by atoms with Crippen molar-refractivity contribution in [1.82, 2.24) is 20.1 Å². The molecule has 7 nitrogen and oxygen atoms in total. The van der Waals surface area contributed by atoms with Gasteiger partial charge in [-0.3, -0.25) is 10.1 Å². The van der Waals surface area contributed by atoms with Crippen LogP contribution in [0.3, 0.4) is 0 Å². The van der Waals surface area contributed by atoms with Gasteiger partial charge in [-0.2, -0.15) is 0 Å². The molecule has 0 spiro atoms. The summed E-state index contributed by atoms with van der Waals surface area (Å²) in [6.45, 7) is 5.61. The second-order valence-corrected chi connectivity index (χ2v) is 5.96. The third-order valence-corrected chi connectivity index (χ3v) is 4.50. The lowest BCUT2D eigenvalue weighted by Crippen LogP contribution is -2.23. The third-order valence-electron chi connectivity index (χ3n) is 4.50. The van der Waals surface area contributed by atoms with Gasteiger partial charge in [-0.15, -0.1) is 10.2 Å². The van der Waals surface area contributed by atoms with Crippen molar-refractivity contribution >= 4 is 5.69 Å². The molecule has 1 aromatic carbocycles. The Morgan fingerprint density at radius 3 is 3.04 bits per heavy atom. The Kier molecular flexibility index (Phi) is 4.38. The first-order chi connectivity index (χ1) is 11.1. The van der Waals surface area contributed by atoms with Crippen LogP contribution in [0.4, 0.5) is 5.69 Å². The molecular weight excluding hydrogens is 294 g/mol. The molecule has 1 atom stereocenters. The Bertz CT molecular complexity index is 725. The summed E-state index contributed by atoms with van der Waals surface area (Å²) in [4.78, 5) is 10.7. The topological polar surface area (TPSA) is 85.9 Å². The zero-order chi connectivity index (χ0) is 16.4. The van der Waals surface area contributed by atoms with Crippen molar-refractivity contribution in [2.75, 3.05) is 6.54 Å². The molecule has 7 heteroatoms. The van der Waals surface area contributed by atoms with E-state index in [9.17, 15) is 10.1 Å². The minimum Gasteiger partial charge on any atom is -0.315 e. The maximum Gasteiger partial charge on any atom is 0.272 e. The van der Waals surface area contributed by atoms with E-state index in [1.54, 1.807) is 19.1 Å². The highest BCUT2D eigenvalue weighted by Crippen LogP contribution is 2.25. The fourth-order valence-electron chi connectivity index (χ4n) is 3.21. The Morgan fingerprint density at radius 1 is 1.43 bits per heavy atom. The Balaban J connectivity index is 1.62. The molecule has 1 aliphatic heterocycles. The van der Waals surface area contributed by atoms with Crippen molar-refractivity contribution in [3.8, 4) is 0 Å². The molecule has 0 bridgehead atoms. The average Bonchev–Trinajstić information content (AvgIpc) is 3.11. The van der Waals surface area contributed by atoms with E-state index in [-0.39, 0.29) is 16.7 Å². The lowest BCUT2D eigenvalue weighted by atomic mass is 10.0. The standard InChI is InChI=1S/C16H21N5O2/c1-11-13(5-3-6-14(11)21(22)23)12(2)17-9-8-16-19-18-15-7-4-10-20(15)16/h3,5-6,12,17H,4,7-10H2,1-2H3/t12-/m1/s1. The van der Waals surface area contributed by atoms with E-state index in [1.807, 2.05) is 13.0 Å². The maximum absolute atomic E-state index is 11.0. The summed E-state index contributed by atoms with van der Waals surface area (Å²) in [6.07, 6.45) is 2.98. The van der Waals surface area contributed by atoms with Crippen LogP contribution in [0.25, 0.3) is 0 Å². The summed E-state index contributed by atoms with van der Waals surface area (Å²) in [5, 5.41) is 22.9. The first kappa shape index (κ1) is 15.6. The first-order valence-corrected chi connectivity index (χ1v) is 7.96. The predicted octanol–water partition coefficient (Wildman–Crippen LogP) is 2.33. The predicted molar refractivity (Wildman–Crippen MR) is 86.3 cm³/mol. The molecule has 1 N–H and O–H groups in total. The molecule has 0 aliphatic carbocycles. The van der Waals surface area contributed by atoms with Gasteiger partial charge in [0, 0.05) is 43.6 Å². The normalized spacial score (nSPS) is 14.7. The van der Waals surface area contributed by atoms with Crippen LogP contribution in [0, 0.1) is 17.0 Å². The number of fused-ring (bicyclic) bond motifs is 1. The van der Waals surface area contributed by atoms with Gasteiger partial charge < -0.3 is 9.88 Å². The molecule has 3 rings (SSSR count). The number of nitro benzene ring substituents is 1. The van der Waals surface area contributed by atoms with Crippen LogP contribution < -0.4 is 5.32 Å². The van der Waals surface area contributed by atoms with Crippen molar-refractivity contribution in [2.24, 2.45) is 0 Å². The van der Waals surface area contributed by atoms with Crippen LogP contribution in [0.5, 0.6) is 0 Å². The van der Waals surface area contributed by atoms with Gasteiger partial charge in [0.1, 0.15) is 11.6 Å². The Labute approximate surface area is 134 Å². The zero-order valence-corrected chi connectivity index (χ0v) is 13.5. The summed E-state index contributed by atoms with van der Waals surface area (Å²) in [5.74, 6) is 2.11. The van der Waals surface area contributed by atoms with E-state index in [0.717, 1.165) is 55.1 Å². The smallest absolute Gasteiger partial charge is 0.272 e. The fraction of sp³-hybridized carbons (Fsp3) is 0.500. The number of nitrogens with zero attached hydrogens (tertiary/aromatic N) is 4. The molecule has 1 aliphatic rings. The van der Waals surface area contributed by atoms with Crippen LogP contribution in [0.1, 0.15) is 42.2 Å². The molecule has 122 valence electrons. The van der Waals surface area contributed by atoms with Gasteiger partial charge in [-0.05, 0) is 25.8 Å². The molecule has 23 heavy (non-hydrogen) atoms.